The third-order valence-electron chi connectivity index (χ3n) is 4.79. The lowest BCUT2D eigenvalue weighted by molar-refractivity contribution is 0.471. The van der Waals surface area contributed by atoms with Crippen LogP contribution in [-0.4, -0.2) is 5.11 Å². The van der Waals surface area contributed by atoms with Crippen LogP contribution in [0.4, 0.5) is 0 Å². The second-order valence-corrected chi connectivity index (χ2v) is 6.53. The lowest BCUT2D eigenvalue weighted by atomic mass is 9.85. The van der Waals surface area contributed by atoms with Crippen LogP contribution in [0.3, 0.4) is 0 Å². The van der Waals surface area contributed by atoms with Crippen molar-refractivity contribution in [1.82, 2.24) is 0 Å². The van der Waals surface area contributed by atoms with Crippen LogP contribution in [0.1, 0.15) is 53.9 Å². The molecular formula is C20H24O. The van der Waals surface area contributed by atoms with Crippen molar-refractivity contribution in [2.45, 2.75) is 52.4 Å². The Kier molecular flexibility index (Phi) is 3.75. The predicted molar refractivity (Wildman–Crippen MR) is 89.0 cm³/mol. The predicted octanol–water partition coefficient (Wildman–Crippen LogP) is 5.64. The van der Waals surface area contributed by atoms with Crippen LogP contribution in [0.5, 0.6) is 5.75 Å². The molecule has 1 aliphatic carbocycles. The number of rotatable bonds is 2. The smallest absolute Gasteiger partial charge is 0.118 e. The third-order valence-corrected chi connectivity index (χ3v) is 4.79. The molecule has 0 radical (unpaired) electrons. The molecule has 0 heterocycles. The van der Waals surface area contributed by atoms with Crippen molar-refractivity contribution in [1.29, 1.82) is 0 Å². The summed E-state index contributed by atoms with van der Waals surface area (Å²) >= 11 is 0. The highest BCUT2D eigenvalue weighted by Gasteiger charge is 2.22. The standard InChI is InChI=1S/C20H24O/c1-13-10-15(3)20(17-8-9-19(21)14(2)12-17)18(11-13)16-6-4-5-7-16/h8-12,16,21H,4-7H2,1-3H3. The van der Waals surface area contributed by atoms with E-state index in [0.29, 0.717) is 11.7 Å². The van der Waals surface area contributed by atoms with E-state index in [1.165, 1.54) is 53.5 Å². The van der Waals surface area contributed by atoms with Crippen LogP contribution in [-0.2, 0) is 0 Å². The fourth-order valence-electron chi connectivity index (χ4n) is 3.76. The SMILES string of the molecule is Cc1cc(C)c(-c2ccc(O)c(C)c2)c(C2CCCC2)c1. The van der Waals surface area contributed by atoms with Gasteiger partial charge in [-0.2, -0.15) is 0 Å². The highest BCUT2D eigenvalue weighted by atomic mass is 16.3. The number of phenols is 1. The van der Waals surface area contributed by atoms with Crippen molar-refractivity contribution in [3.8, 4) is 16.9 Å². The van der Waals surface area contributed by atoms with E-state index in [-0.39, 0.29) is 0 Å². The van der Waals surface area contributed by atoms with Crippen LogP contribution in [0.25, 0.3) is 11.1 Å². The van der Waals surface area contributed by atoms with E-state index in [4.69, 9.17) is 0 Å². The van der Waals surface area contributed by atoms with Crippen LogP contribution in [0, 0.1) is 20.8 Å². The molecule has 3 rings (SSSR count). The van der Waals surface area contributed by atoms with E-state index in [1.54, 1.807) is 0 Å². The van der Waals surface area contributed by atoms with Gasteiger partial charge >= 0.3 is 0 Å². The van der Waals surface area contributed by atoms with Gasteiger partial charge in [0, 0.05) is 0 Å². The fourth-order valence-corrected chi connectivity index (χ4v) is 3.76. The molecule has 2 aromatic carbocycles. The molecule has 110 valence electrons. The molecule has 1 heteroatoms. The van der Waals surface area contributed by atoms with E-state index < -0.39 is 0 Å². The Bertz CT molecular complexity index is 664. The Morgan fingerprint density at radius 3 is 2.29 bits per heavy atom. The van der Waals surface area contributed by atoms with Gasteiger partial charge in [-0.05, 0) is 79.5 Å². The molecule has 0 bridgehead atoms. The van der Waals surface area contributed by atoms with Gasteiger partial charge in [0.2, 0.25) is 0 Å². The molecule has 0 aliphatic heterocycles. The molecule has 1 aliphatic rings. The summed E-state index contributed by atoms with van der Waals surface area (Å²) in [6.07, 6.45) is 5.33. The fraction of sp³-hybridized carbons (Fsp3) is 0.400. The first kappa shape index (κ1) is 14.2. The molecular weight excluding hydrogens is 256 g/mol. The molecule has 21 heavy (non-hydrogen) atoms. The Morgan fingerprint density at radius 2 is 1.62 bits per heavy atom. The van der Waals surface area contributed by atoms with Gasteiger partial charge in [0.15, 0.2) is 0 Å². The van der Waals surface area contributed by atoms with Gasteiger partial charge in [-0.3, -0.25) is 0 Å². The number of phenolic OH excluding ortho intramolecular Hbond substituents is 1. The van der Waals surface area contributed by atoms with E-state index >= 15 is 0 Å². The number of aromatic hydroxyl groups is 1. The molecule has 0 unspecified atom stereocenters. The van der Waals surface area contributed by atoms with Gasteiger partial charge in [0.25, 0.3) is 0 Å². The minimum Gasteiger partial charge on any atom is -0.508 e. The Morgan fingerprint density at radius 1 is 0.905 bits per heavy atom. The molecule has 1 N–H and O–H groups in total. The van der Waals surface area contributed by atoms with Crippen molar-refractivity contribution in [3.05, 3.63) is 52.6 Å². The van der Waals surface area contributed by atoms with Crippen molar-refractivity contribution in [3.63, 3.8) is 0 Å². The maximum atomic E-state index is 9.78. The minimum atomic E-state index is 0.380. The quantitative estimate of drug-likeness (QED) is 0.754. The van der Waals surface area contributed by atoms with E-state index in [9.17, 15) is 5.11 Å². The zero-order valence-corrected chi connectivity index (χ0v) is 13.2. The van der Waals surface area contributed by atoms with Gasteiger partial charge in [0.05, 0.1) is 0 Å². The summed E-state index contributed by atoms with van der Waals surface area (Å²) in [5, 5.41) is 9.78. The molecule has 1 fully saturated rings. The maximum Gasteiger partial charge on any atom is 0.118 e. The molecule has 1 nitrogen and oxygen atoms in total. The lowest BCUT2D eigenvalue weighted by Crippen LogP contribution is -2.00. The average Bonchev–Trinajstić information content (AvgIpc) is 2.95. The normalized spacial score (nSPS) is 15.6. The Labute approximate surface area is 127 Å². The molecule has 0 aromatic heterocycles. The maximum absolute atomic E-state index is 9.78. The molecule has 0 atom stereocenters. The summed E-state index contributed by atoms with van der Waals surface area (Å²) in [5.41, 5.74) is 7.79. The third kappa shape index (κ3) is 2.70. The van der Waals surface area contributed by atoms with Gasteiger partial charge < -0.3 is 5.11 Å². The van der Waals surface area contributed by atoms with Crippen LogP contribution < -0.4 is 0 Å². The van der Waals surface area contributed by atoms with Crippen molar-refractivity contribution in [2.75, 3.05) is 0 Å². The summed E-state index contributed by atoms with van der Waals surface area (Å²) in [7, 11) is 0. The van der Waals surface area contributed by atoms with Crippen molar-refractivity contribution in [2.24, 2.45) is 0 Å². The number of aryl methyl sites for hydroxylation is 3. The molecule has 1 saturated carbocycles. The summed E-state index contributed by atoms with van der Waals surface area (Å²) in [5.74, 6) is 1.08. The topological polar surface area (TPSA) is 20.2 Å². The number of hydrogen-bond acceptors (Lipinski definition) is 1. The number of benzene rings is 2. The van der Waals surface area contributed by atoms with Gasteiger partial charge in [-0.15, -0.1) is 0 Å². The summed E-state index contributed by atoms with van der Waals surface area (Å²) in [6, 6.07) is 10.6. The number of hydrogen-bond donors (Lipinski definition) is 1. The lowest BCUT2D eigenvalue weighted by Gasteiger charge is -2.20. The van der Waals surface area contributed by atoms with Gasteiger partial charge in [-0.1, -0.05) is 36.6 Å². The van der Waals surface area contributed by atoms with Crippen molar-refractivity contribution >= 4 is 0 Å². The summed E-state index contributed by atoms with van der Waals surface area (Å²) in [4.78, 5) is 0. The first-order valence-corrected chi connectivity index (χ1v) is 7.97. The van der Waals surface area contributed by atoms with E-state index in [1.807, 2.05) is 13.0 Å². The Hall–Kier alpha value is -1.76. The zero-order valence-electron chi connectivity index (χ0n) is 13.2. The second kappa shape index (κ2) is 5.55. The second-order valence-electron chi connectivity index (χ2n) is 6.53. The van der Waals surface area contributed by atoms with Crippen molar-refractivity contribution < 1.29 is 5.11 Å². The van der Waals surface area contributed by atoms with E-state index in [0.717, 1.165) is 5.56 Å². The molecule has 0 saturated heterocycles. The Balaban J connectivity index is 2.17. The van der Waals surface area contributed by atoms with Gasteiger partial charge in [0.1, 0.15) is 5.75 Å². The molecule has 0 spiro atoms. The highest BCUT2D eigenvalue weighted by molar-refractivity contribution is 5.73. The minimum absolute atomic E-state index is 0.380. The first-order chi connectivity index (χ1) is 10.1. The van der Waals surface area contributed by atoms with Crippen LogP contribution >= 0.6 is 0 Å². The highest BCUT2D eigenvalue weighted by Crippen LogP contribution is 2.41. The average molecular weight is 280 g/mol. The largest absolute Gasteiger partial charge is 0.508 e. The molecule has 0 amide bonds. The van der Waals surface area contributed by atoms with Crippen LogP contribution in [0.2, 0.25) is 0 Å². The monoisotopic (exact) mass is 280 g/mol. The molecule has 2 aromatic rings. The zero-order chi connectivity index (χ0) is 15.0. The summed E-state index contributed by atoms with van der Waals surface area (Å²) < 4.78 is 0. The first-order valence-electron chi connectivity index (χ1n) is 7.97. The summed E-state index contributed by atoms with van der Waals surface area (Å²) in [6.45, 7) is 6.37. The van der Waals surface area contributed by atoms with Gasteiger partial charge in [-0.25, -0.2) is 0 Å². The van der Waals surface area contributed by atoms with Crippen LogP contribution in [0.15, 0.2) is 30.3 Å². The van der Waals surface area contributed by atoms with E-state index in [2.05, 4.69) is 38.1 Å².